The van der Waals surface area contributed by atoms with E-state index in [1.54, 1.807) is 47.6 Å². The molecule has 1 heterocycles. The van der Waals surface area contributed by atoms with Crippen molar-refractivity contribution in [3.63, 3.8) is 0 Å². The van der Waals surface area contributed by atoms with Gasteiger partial charge in [0.15, 0.2) is 0 Å². The zero-order valence-electron chi connectivity index (χ0n) is 15.7. The van der Waals surface area contributed by atoms with Crippen LogP contribution in [0.3, 0.4) is 0 Å². The smallest absolute Gasteiger partial charge is 0.271 e. The van der Waals surface area contributed by atoms with E-state index in [1.807, 2.05) is 6.92 Å². The van der Waals surface area contributed by atoms with Crippen LogP contribution in [0.1, 0.15) is 43.0 Å². The van der Waals surface area contributed by atoms with Crippen LogP contribution in [0.5, 0.6) is 0 Å². The van der Waals surface area contributed by atoms with Gasteiger partial charge in [0.25, 0.3) is 5.91 Å². The third kappa shape index (κ3) is 5.92. The van der Waals surface area contributed by atoms with Crippen LogP contribution >= 0.6 is 0 Å². The molecule has 150 valence electrons. The van der Waals surface area contributed by atoms with E-state index in [0.29, 0.717) is 22.7 Å². The number of imidazole rings is 1. The van der Waals surface area contributed by atoms with Crippen molar-refractivity contribution in [2.75, 3.05) is 6.54 Å². The number of para-hydroxylation sites is 1. The predicted molar refractivity (Wildman–Crippen MR) is 101 cm³/mol. The molecule has 0 bridgehead atoms. The van der Waals surface area contributed by atoms with Crippen LogP contribution in [-0.4, -0.2) is 44.6 Å². The lowest BCUT2D eigenvalue weighted by Crippen LogP contribution is -2.47. The Morgan fingerprint density at radius 1 is 1.29 bits per heavy atom. The maximum atomic E-state index is 12.6. The van der Waals surface area contributed by atoms with Gasteiger partial charge in [-0.1, -0.05) is 38.3 Å². The molecule has 0 fully saturated rings. The van der Waals surface area contributed by atoms with Crippen LogP contribution in [0, 0.1) is 5.92 Å². The van der Waals surface area contributed by atoms with Crippen molar-refractivity contribution in [3.8, 4) is 5.69 Å². The van der Waals surface area contributed by atoms with Crippen LogP contribution < -0.4 is 10.9 Å². The van der Waals surface area contributed by atoms with Gasteiger partial charge in [-0.05, 0) is 18.6 Å². The number of hydroxylamine groups is 2. The summed E-state index contributed by atoms with van der Waals surface area (Å²) in [7, 11) is 0. The SMILES string of the molecule is CCCCC[C@H](CN(O)C=O)C(=O)NNC(=O)c1ccccc1-n1ccnc1. The van der Waals surface area contributed by atoms with Gasteiger partial charge < -0.3 is 4.57 Å². The van der Waals surface area contributed by atoms with Crippen molar-refractivity contribution in [1.29, 1.82) is 0 Å². The fourth-order valence-corrected chi connectivity index (χ4v) is 2.80. The zero-order chi connectivity index (χ0) is 20.4. The van der Waals surface area contributed by atoms with Gasteiger partial charge in [0.1, 0.15) is 0 Å². The van der Waals surface area contributed by atoms with Gasteiger partial charge in [0, 0.05) is 12.4 Å². The number of aromatic nitrogens is 2. The molecular formula is C19H25N5O4. The molecule has 3 amide bonds. The van der Waals surface area contributed by atoms with Crippen LogP contribution in [-0.2, 0) is 9.59 Å². The number of carbonyl (C=O) groups excluding carboxylic acids is 3. The summed E-state index contributed by atoms with van der Waals surface area (Å²) in [5.41, 5.74) is 5.78. The van der Waals surface area contributed by atoms with Crippen molar-refractivity contribution in [3.05, 3.63) is 48.5 Å². The normalized spacial score (nSPS) is 11.5. The lowest BCUT2D eigenvalue weighted by molar-refractivity contribution is -0.154. The fraction of sp³-hybridized carbons (Fsp3) is 0.368. The number of hydrogen-bond donors (Lipinski definition) is 3. The molecule has 0 saturated carbocycles. The monoisotopic (exact) mass is 387 g/mol. The Kier molecular flexibility index (Phi) is 8.16. The minimum Gasteiger partial charge on any atom is -0.306 e. The Hall–Kier alpha value is -3.20. The van der Waals surface area contributed by atoms with Crippen LogP contribution in [0.25, 0.3) is 5.69 Å². The van der Waals surface area contributed by atoms with E-state index >= 15 is 0 Å². The van der Waals surface area contributed by atoms with E-state index in [-0.39, 0.29) is 13.0 Å². The van der Waals surface area contributed by atoms with E-state index in [9.17, 15) is 19.6 Å². The van der Waals surface area contributed by atoms with E-state index in [1.165, 1.54) is 0 Å². The summed E-state index contributed by atoms with van der Waals surface area (Å²) in [6.07, 6.45) is 8.32. The summed E-state index contributed by atoms with van der Waals surface area (Å²) in [5, 5.41) is 9.86. The Morgan fingerprint density at radius 3 is 2.75 bits per heavy atom. The highest BCUT2D eigenvalue weighted by Gasteiger charge is 2.22. The second-order valence-electron chi connectivity index (χ2n) is 6.35. The molecule has 0 unspecified atom stereocenters. The summed E-state index contributed by atoms with van der Waals surface area (Å²) in [6, 6.07) is 6.92. The second kappa shape index (κ2) is 10.8. The lowest BCUT2D eigenvalue weighted by atomic mass is 10.0. The lowest BCUT2D eigenvalue weighted by Gasteiger charge is -2.20. The molecule has 1 aromatic carbocycles. The quantitative estimate of drug-likeness (QED) is 0.248. The summed E-state index contributed by atoms with van der Waals surface area (Å²) in [5.74, 6) is -1.59. The Labute approximate surface area is 163 Å². The molecule has 28 heavy (non-hydrogen) atoms. The van der Waals surface area contributed by atoms with Crippen LogP contribution in [0.4, 0.5) is 0 Å². The third-order valence-corrected chi connectivity index (χ3v) is 4.29. The molecule has 0 aliphatic rings. The van der Waals surface area contributed by atoms with Crippen molar-refractivity contribution in [2.45, 2.75) is 32.6 Å². The highest BCUT2D eigenvalue weighted by molar-refractivity contribution is 5.98. The predicted octanol–water partition coefficient (Wildman–Crippen LogP) is 1.68. The van der Waals surface area contributed by atoms with Gasteiger partial charge in [0.05, 0.1) is 30.0 Å². The average molecular weight is 387 g/mol. The fourth-order valence-electron chi connectivity index (χ4n) is 2.80. The van der Waals surface area contributed by atoms with Gasteiger partial charge >= 0.3 is 0 Å². The number of unbranched alkanes of at least 4 members (excludes halogenated alkanes) is 2. The number of carbonyl (C=O) groups is 3. The van der Waals surface area contributed by atoms with Gasteiger partial charge in [-0.2, -0.15) is 0 Å². The number of hydrogen-bond acceptors (Lipinski definition) is 5. The minimum absolute atomic E-state index is 0.138. The standard InChI is InChI=1S/C19H25N5O4/c1-2-3-4-7-15(12-24(28)14-25)18(26)21-22-19(27)16-8-5-6-9-17(16)23-11-10-20-13-23/h5-6,8-11,13-15,28H,2-4,7,12H2,1H3,(H,21,26)(H,22,27)/t15-/m1/s1. The van der Waals surface area contributed by atoms with E-state index < -0.39 is 17.7 Å². The van der Waals surface area contributed by atoms with Crippen LogP contribution in [0.2, 0.25) is 0 Å². The summed E-state index contributed by atoms with van der Waals surface area (Å²) in [6.45, 7) is 1.90. The third-order valence-electron chi connectivity index (χ3n) is 4.29. The number of nitrogens with one attached hydrogen (secondary N) is 2. The average Bonchev–Trinajstić information content (AvgIpc) is 3.25. The number of hydrazine groups is 1. The van der Waals surface area contributed by atoms with Crippen molar-refractivity contribution in [1.82, 2.24) is 25.5 Å². The highest BCUT2D eigenvalue weighted by Crippen LogP contribution is 2.14. The molecule has 1 atom stereocenters. The number of nitrogens with zero attached hydrogens (tertiary/aromatic N) is 3. The minimum atomic E-state index is -0.633. The number of amides is 3. The van der Waals surface area contributed by atoms with E-state index in [4.69, 9.17) is 0 Å². The maximum absolute atomic E-state index is 12.6. The molecule has 0 saturated heterocycles. The molecule has 2 aromatic rings. The van der Waals surface area contributed by atoms with Crippen molar-refractivity contribution in [2.24, 2.45) is 5.92 Å². The first-order valence-corrected chi connectivity index (χ1v) is 9.15. The second-order valence-corrected chi connectivity index (χ2v) is 6.35. The molecule has 9 nitrogen and oxygen atoms in total. The molecule has 1 aromatic heterocycles. The number of benzene rings is 1. The topological polar surface area (TPSA) is 117 Å². The molecule has 0 spiro atoms. The summed E-state index contributed by atoms with van der Waals surface area (Å²) in [4.78, 5) is 39.6. The Bertz CT molecular complexity index is 778. The molecule has 0 aliphatic carbocycles. The summed E-state index contributed by atoms with van der Waals surface area (Å²) < 4.78 is 1.69. The van der Waals surface area contributed by atoms with Crippen LogP contribution in [0.15, 0.2) is 43.0 Å². The molecule has 3 N–H and O–H groups in total. The Balaban J connectivity index is 2.02. The zero-order valence-corrected chi connectivity index (χ0v) is 15.7. The van der Waals surface area contributed by atoms with E-state index in [0.717, 1.165) is 19.3 Å². The van der Waals surface area contributed by atoms with Crippen molar-refractivity contribution >= 4 is 18.2 Å². The molecule has 2 rings (SSSR count). The van der Waals surface area contributed by atoms with Crippen molar-refractivity contribution < 1.29 is 19.6 Å². The Morgan fingerprint density at radius 2 is 2.07 bits per heavy atom. The first kappa shape index (κ1) is 21.1. The molecule has 9 heteroatoms. The van der Waals surface area contributed by atoms with Gasteiger partial charge in [-0.15, -0.1) is 0 Å². The largest absolute Gasteiger partial charge is 0.306 e. The molecule has 0 aliphatic heterocycles. The van der Waals surface area contributed by atoms with E-state index in [2.05, 4.69) is 15.8 Å². The van der Waals surface area contributed by atoms with Gasteiger partial charge in [-0.3, -0.25) is 30.4 Å². The van der Waals surface area contributed by atoms with Gasteiger partial charge in [0.2, 0.25) is 12.3 Å². The number of rotatable bonds is 10. The first-order valence-electron chi connectivity index (χ1n) is 9.15. The summed E-state index contributed by atoms with van der Waals surface area (Å²) >= 11 is 0. The first-order chi connectivity index (χ1) is 13.6. The van der Waals surface area contributed by atoms with Gasteiger partial charge in [-0.25, -0.2) is 10.0 Å². The highest BCUT2D eigenvalue weighted by atomic mass is 16.5. The molecular weight excluding hydrogens is 362 g/mol. The maximum Gasteiger partial charge on any atom is 0.271 e. The molecule has 0 radical (unpaired) electrons.